The maximum absolute atomic E-state index is 9.66. The number of nitrogens with one attached hydrogen (secondary N) is 1. The van der Waals surface area contributed by atoms with E-state index < -0.39 is 5.60 Å². The van der Waals surface area contributed by atoms with Crippen LogP contribution in [-0.4, -0.2) is 40.1 Å². The van der Waals surface area contributed by atoms with Crippen molar-refractivity contribution in [2.45, 2.75) is 19.4 Å². The molecule has 1 rings (SSSR count). The second-order valence-electron chi connectivity index (χ2n) is 4.32. The number of hydrogen-bond acceptors (Lipinski definition) is 5. The number of rotatable bonds is 4. The van der Waals surface area contributed by atoms with Crippen LogP contribution >= 0.6 is 0 Å². The molecular formula is C10H17N5O. The third-order valence-electron chi connectivity index (χ3n) is 1.88. The van der Waals surface area contributed by atoms with Gasteiger partial charge in [-0.3, -0.25) is 5.41 Å². The van der Waals surface area contributed by atoms with E-state index in [0.717, 1.165) is 0 Å². The van der Waals surface area contributed by atoms with Crippen LogP contribution in [0.2, 0.25) is 0 Å². The molecular weight excluding hydrogens is 206 g/mol. The second-order valence-corrected chi connectivity index (χ2v) is 4.32. The van der Waals surface area contributed by atoms with Crippen molar-refractivity contribution in [2.24, 2.45) is 5.73 Å². The fourth-order valence-corrected chi connectivity index (χ4v) is 1.33. The summed E-state index contributed by atoms with van der Waals surface area (Å²) in [5, 5.41) is 16.9. The average Bonchev–Trinajstić information content (AvgIpc) is 2.15. The molecule has 6 nitrogen and oxygen atoms in total. The molecule has 0 bridgehead atoms. The van der Waals surface area contributed by atoms with E-state index in [4.69, 9.17) is 11.1 Å². The number of aliphatic hydroxyl groups is 1. The highest BCUT2D eigenvalue weighted by atomic mass is 16.3. The van der Waals surface area contributed by atoms with Gasteiger partial charge in [0.05, 0.1) is 5.60 Å². The normalized spacial score (nSPS) is 11.2. The predicted molar refractivity (Wildman–Crippen MR) is 62.6 cm³/mol. The molecule has 0 spiro atoms. The SMILES string of the molecule is CN(CC(C)(C)O)c1nccc(C(=N)N)n1. The van der Waals surface area contributed by atoms with Gasteiger partial charge in [-0.1, -0.05) is 0 Å². The fourth-order valence-electron chi connectivity index (χ4n) is 1.33. The van der Waals surface area contributed by atoms with E-state index in [0.29, 0.717) is 18.2 Å². The fraction of sp³-hybridized carbons (Fsp3) is 0.500. The number of aromatic nitrogens is 2. The van der Waals surface area contributed by atoms with E-state index >= 15 is 0 Å². The van der Waals surface area contributed by atoms with Crippen LogP contribution in [-0.2, 0) is 0 Å². The van der Waals surface area contributed by atoms with Gasteiger partial charge in [-0.15, -0.1) is 0 Å². The van der Waals surface area contributed by atoms with Gasteiger partial charge < -0.3 is 15.7 Å². The summed E-state index contributed by atoms with van der Waals surface area (Å²) < 4.78 is 0. The molecule has 0 radical (unpaired) electrons. The van der Waals surface area contributed by atoms with Crippen LogP contribution in [0.3, 0.4) is 0 Å². The van der Waals surface area contributed by atoms with Gasteiger partial charge in [0.25, 0.3) is 0 Å². The number of likely N-dealkylation sites (N-methyl/N-ethyl adjacent to an activating group) is 1. The van der Waals surface area contributed by atoms with Crippen molar-refractivity contribution in [1.82, 2.24) is 9.97 Å². The number of nitrogens with two attached hydrogens (primary N) is 1. The maximum atomic E-state index is 9.66. The molecule has 6 heteroatoms. The summed E-state index contributed by atoms with van der Waals surface area (Å²) in [6.07, 6.45) is 1.54. The van der Waals surface area contributed by atoms with E-state index in [-0.39, 0.29) is 5.84 Å². The van der Waals surface area contributed by atoms with Gasteiger partial charge in [0.1, 0.15) is 11.5 Å². The number of nitrogen functional groups attached to an aromatic ring is 1. The lowest BCUT2D eigenvalue weighted by Gasteiger charge is -2.25. The first-order valence-corrected chi connectivity index (χ1v) is 4.90. The van der Waals surface area contributed by atoms with Gasteiger partial charge >= 0.3 is 0 Å². The lowest BCUT2D eigenvalue weighted by atomic mass is 10.1. The van der Waals surface area contributed by atoms with Crippen molar-refractivity contribution >= 4 is 11.8 Å². The highest BCUT2D eigenvalue weighted by Gasteiger charge is 2.17. The van der Waals surface area contributed by atoms with E-state index in [9.17, 15) is 5.11 Å². The molecule has 88 valence electrons. The average molecular weight is 223 g/mol. The lowest BCUT2D eigenvalue weighted by molar-refractivity contribution is 0.0883. The van der Waals surface area contributed by atoms with Crippen molar-refractivity contribution in [3.8, 4) is 0 Å². The van der Waals surface area contributed by atoms with Gasteiger partial charge in [-0.2, -0.15) is 0 Å². The Kier molecular flexibility index (Phi) is 3.44. The monoisotopic (exact) mass is 223 g/mol. The molecule has 0 aliphatic rings. The first-order valence-electron chi connectivity index (χ1n) is 4.90. The molecule has 0 aromatic carbocycles. The number of nitrogens with zero attached hydrogens (tertiary/aromatic N) is 3. The summed E-state index contributed by atoms with van der Waals surface area (Å²) in [6, 6.07) is 1.57. The van der Waals surface area contributed by atoms with Crippen molar-refractivity contribution in [2.75, 3.05) is 18.5 Å². The van der Waals surface area contributed by atoms with Crippen molar-refractivity contribution < 1.29 is 5.11 Å². The summed E-state index contributed by atoms with van der Waals surface area (Å²) in [5.74, 6) is 0.343. The smallest absolute Gasteiger partial charge is 0.225 e. The van der Waals surface area contributed by atoms with Crippen LogP contribution in [0.5, 0.6) is 0 Å². The van der Waals surface area contributed by atoms with Gasteiger partial charge in [-0.25, -0.2) is 9.97 Å². The molecule has 0 saturated carbocycles. The largest absolute Gasteiger partial charge is 0.389 e. The maximum Gasteiger partial charge on any atom is 0.225 e. The number of anilines is 1. The third-order valence-corrected chi connectivity index (χ3v) is 1.88. The summed E-state index contributed by atoms with van der Waals surface area (Å²) >= 11 is 0. The quantitative estimate of drug-likeness (QED) is 0.491. The summed E-state index contributed by atoms with van der Waals surface area (Å²) in [5.41, 5.74) is 4.89. The zero-order chi connectivity index (χ0) is 12.3. The Hall–Kier alpha value is -1.69. The predicted octanol–water partition coefficient (Wildman–Crippen LogP) is -0.0322. The van der Waals surface area contributed by atoms with E-state index in [1.165, 1.54) is 0 Å². The minimum Gasteiger partial charge on any atom is -0.389 e. The Bertz CT molecular complexity index is 385. The zero-order valence-electron chi connectivity index (χ0n) is 9.73. The van der Waals surface area contributed by atoms with E-state index in [1.807, 2.05) is 0 Å². The Morgan fingerprint density at radius 3 is 2.75 bits per heavy atom. The molecule has 1 heterocycles. The Balaban J connectivity index is 2.87. The molecule has 0 aliphatic heterocycles. The van der Waals surface area contributed by atoms with Crippen LogP contribution in [0.15, 0.2) is 12.3 Å². The Labute approximate surface area is 94.6 Å². The molecule has 0 unspecified atom stereocenters. The molecule has 16 heavy (non-hydrogen) atoms. The van der Waals surface area contributed by atoms with Gasteiger partial charge in [0, 0.05) is 19.8 Å². The van der Waals surface area contributed by atoms with E-state index in [2.05, 4.69) is 9.97 Å². The van der Waals surface area contributed by atoms with Gasteiger partial charge in [0.2, 0.25) is 5.95 Å². The van der Waals surface area contributed by atoms with Crippen LogP contribution in [0.4, 0.5) is 5.95 Å². The highest BCUT2D eigenvalue weighted by Crippen LogP contribution is 2.10. The van der Waals surface area contributed by atoms with Crippen molar-refractivity contribution in [3.63, 3.8) is 0 Å². The molecule has 1 aromatic heterocycles. The van der Waals surface area contributed by atoms with Crippen LogP contribution in [0.1, 0.15) is 19.5 Å². The topological polar surface area (TPSA) is 99.1 Å². The molecule has 0 aliphatic carbocycles. The Morgan fingerprint density at radius 1 is 1.62 bits per heavy atom. The first-order chi connectivity index (χ1) is 7.29. The number of hydrogen-bond donors (Lipinski definition) is 3. The number of amidine groups is 1. The summed E-state index contributed by atoms with van der Waals surface area (Å²) in [4.78, 5) is 9.88. The second kappa shape index (κ2) is 4.44. The van der Waals surface area contributed by atoms with Crippen molar-refractivity contribution in [1.29, 1.82) is 5.41 Å². The third kappa shape index (κ3) is 3.47. The molecule has 0 fully saturated rings. The molecule has 0 amide bonds. The van der Waals surface area contributed by atoms with Crippen LogP contribution in [0, 0.1) is 5.41 Å². The van der Waals surface area contributed by atoms with Crippen molar-refractivity contribution in [3.05, 3.63) is 18.0 Å². The van der Waals surface area contributed by atoms with E-state index in [1.54, 1.807) is 38.1 Å². The minimum atomic E-state index is -0.829. The first kappa shape index (κ1) is 12.4. The van der Waals surface area contributed by atoms with Crippen LogP contribution < -0.4 is 10.6 Å². The summed E-state index contributed by atoms with van der Waals surface area (Å²) in [7, 11) is 1.78. The molecule has 1 aromatic rings. The zero-order valence-corrected chi connectivity index (χ0v) is 9.73. The standard InChI is InChI=1S/C10H17N5O/c1-10(2,16)6-15(3)9-13-5-4-7(14-9)8(11)12/h4-5,16H,6H2,1-3H3,(H3,11,12). The summed E-state index contributed by atoms with van der Waals surface area (Å²) in [6.45, 7) is 3.81. The molecule has 4 N–H and O–H groups in total. The van der Waals surface area contributed by atoms with Gasteiger partial charge in [0.15, 0.2) is 0 Å². The Morgan fingerprint density at radius 2 is 2.25 bits per heavy atom. The van der Waals surface area contributed by atoms with Crippen LogP contribution in [0.25, 0.3) is 0 Å². The minimum absolute atomic E-state index is 0.0969. The molecule has 0 atom stereocenters. The highest BCUT2D eigenvalue weighted by molar-refractivity contribution is 5.93. The lowest BCUT2D eigenvalue weighted by Crippen LogP contribution is -2.37. The van der Waals surface area contributed by atoms with Gasteiger partial charge in [-0.05, 0) is 19.9 Å². The molecule has 0 saturated heterocycles.